The molecule has 3 rings (SSSR count). The molecule has 0 unspecified atom stereocenters. The maximum Gasteiger partial charge on any atom is 0.319 e. The Morgan fingerprint density at radius 2 is 1.76 bits per heavy atom. The minimum absolute atomic E-state index is 0.0803. The van der Waals surface area contributed by atoms with Crippen molar-refractivity contribution in [1.29, 1.82) is 0 Å². The molecule has 8 nitrogen and oxygen atoms in total. The van der Waals surface area contributed by atoms with Gasteiger partial charge in [0.1, 0.15) is 5.75 Å². The van der Waals surface area contributed by atoms with Gasteiger partial charge in [-0.1, -0.05) is 6.07 Å². The second kappa shape index (κ2) is 9.18. The molecule has 1 fully saturated rings. The van der Waals surface area contributed by atoms with Crippen LogP contribution in [0.4, 0.5) is 16.2 Å². The zero-order valence-corrected chi connectivity index (χ0v) is 16.8. The van der Waals surface area contributed by atoms with Gasteiger partial charge in [0.2, 0.25) is 5.91 Å². The van der Waals surface area contributed by atoms with Gasteiger partial charge in [-0.25, -0.2) is 4.79 Å². The number of rotatable bonds is 7. The number of nitrogens with one attached hydrogen (secondary N) is 2. The highest BCUT2D eigenvalue weighted by Gasteiger charge is 2.24. The molecule has 1 aliphatic rings. The lowest BCUT2D eigenvalue weighted by Crippen LogP contribution is -2.28. The minimum atomic E-state index is -0.355. The van der Waals surface area contributed by atoms with Gasteiger partial charge in [-0.2, -0.15) is 0 Å². The van der Waals surface area contributed by atoms with E-state index in [1.807, 2.05) is 12.1 Å². The predicted octanol–water partition coefficient (Wildman–Crippen LogP) is 3.16. The summed E-state index contributed by atoms with van der Waals surface area (Å²) in [5.41, 5.74) is 2.16. The molecule has 0 aromatic heterocycles. The molecule has 0 atom stereocenters. The summed E-state index contributed by atoms with van der Waals surface area (Å²) in [6.07, 6.45) is 1.38. The smallest absolute Gasteiger partial charge is 0.319 e. The van der Waals surface area contributed by atoms with Crippen molar-refractivity contribution in [2.75, 3.05) is 38.1 Å². The van der Waals surface area contributed by atoms with Crippen LogP contribution in [0.15, 0.2) is 36.4 Å². The monoisotopic (exact) mass is 399 g/mol. The standard InChI is InChI=1S/C21H25N3O5/c1-27-17-9-6-14(11-19(17)29-3)13-22-21(26)23-15-7-8-16(18(12-15)28-2)24-10-4-5-20(24)25/h6-9,11-12H,4-5,10,13H2,1-3H3,(H2,22,23,26). The van der Waals surface area contributed by atoms with Crippen LogP contribution in [0.5, 0.6) is 17.2 Å². The molecule has 1 heterocycles. The SMILES string of the molecule is COc1ccc(CNC(=O)Nc2ccc(N3CCCC3=O)c(OC)c2)cc1OC. The molecule has 0 saturated carbocycles. The van der Waals surface area contributed by atoms with Crippen molar-refractivity contribution >= 4 is 23.3 Å². The molecule has 29 heavy (non-hydrogen) atoms. The quantitative estimate of drug-likeness (QED) is 0.747. The van der Waals surface area contributed by atoms with E-state index in [4.69, 9.17) is 14.2 Å². The summed E-state index contributed by atoms with van der Waals surface area (Å²) in [5, 5.41) is 5.58. The van der Waals surface area contributed by atoms with E-state index in [0.29, 0.717) is 48.1 Å². The Morgan fingerprint density at radius 1 is 1.00 bits per heavy atom. The Morgan fingerprint density at radius 3 is 2.41 bits per heavy atom. The van der Waals surface area contributed by atoms with Crippen molar-refractivity contribution in [3.8, 4) is 17.2 Å². The van der Waals surface area contributed by atoms with Crippen molar-refractivity contribution < 1.29 is 23.8 Å². The second-order valence-corrected chi connectivity index (χ2v) is 6.53. The number of carbonyl (C=O) groups excluding carboxylic acids is 2. The van der Waals surface area contributed by atoms with Crippen LogP contribution in [0.3, 0.4) is 0 Å². The van der Waals surface area contributed by atoms with Crippen LogP contribution in [-0.4, -0.2) is 39.8 Å². The van der Waals surface area contributed by atoms with Crippen LogP contribution in [-0.2, 0) is 11.3 Å². The number of amides is 3. The van der Waals surface area contributed by atoms with E-state index in [2.05, 4.69) is 10.6 Å². The zero-order valence-electron chi connectivity index (χ0n) is 16.8. The van der Waals surface area contributed by atoms with Crippen molar-refractivity contribution in [2.45, 2.75) is 19.4 Å². The maximum absolute atomic E-state index is 12.3. The van der Waals surface area contributed by atoms with Gasteiger partial charge in [-0.3, -0.25) is 4.79 Å². The Balaban J connectivity index is 1.62. The summed E-state index contributed by atoms with van der Waals surface area (Å²) in [7, 11) is 4.68. The van der Waals surface area contributed by atoms with E-state index in [9.17, 15) is 9.59 Å². The number of nitrogens with zero attached hydrogens (tertiary/aromatic N) is 1. The van der Waals surface area contributed by atoms with E-state index in [1.54, 1.807) is 50.5 Å². The third-order valence-electron chi connectivity index (χ3n) is 4.70. The van der Waals surface area contributed by atoms with E-state index >= 15 is 0 Å². The molecule has 2 N–H and O–H groups in total. The highest BCUT2D eigenvalue weighted by molar-refractivity contribution is 5.97. The average Bonchev–Trinajstić information content (AvgIpc) is 3.17. The van der Waals surface area contributed by atoms with Gasteiger partial charge in [0.25, 0.3) is 0 Å². The molecule has 2 aromatic carbocycles. The van der Waals surface area contributed by atoms with Crippen molar-refractivity contribution in [2.24, 2.45) is 0 Å². The average molecular weight is 399 g/mol. The summed E-state index contributed by atoms with van der Waals surface area (Å²) >= 11 is 0. The van der Waals surface area contributed by atoms with Crippen molar-refractivity contribution in [3.05, 3.63) is 42.0 Å². The minimum Gasteiger partial charge on any atom is -0.494 e. The lowest BCUT2D eigenvalue weighted by atomic mass is 10.2. The van der Waals surface area contributed by atoms with E-state index in [-0.39, 0.29) is 11.9 Å². The van der Waals surface area contributed by atoms with Gasteiger partial charge in [0, 0.05) is 31.3 Å². The molecular formula is C21H25N3O5. The van der Waals surface area contributed by atoms with Gasteiger partial charge in [-0.05, 0) is 36.2 Å². The van der Waals surface area contributed by atoms with E-state index < -0.39 is 0 Å². The van der Waals surface area contributed by atoms with E-state index in [1.165, 1.54) is 0 Å². The fourth-order valence-electron chi connectivity index (χ4n) is 3.23. The Hall–Kier alpha value is -3.42. The second-order valence-electron chi connectivity index (χ2n) is 6.53. The first-order valence-corrected chi connectivity index (χ1v) is 9.30. The maximum atomic E-state index is 12.3. The molecule has 0 spiro atoms. The number of benzene rings is 2. The first-order chi connectivity index (χ1) is 14.0. The molecule has 0 aliphatic carbocycles. The largest absolute Gasteiger partial charge is 0.494 e. The number of methoxy groups -OCH3 is 3. The van der Waals surface area contributed by atoms with Crippen LogP contribution in [0.1, 0.15) is 18.4 Å². The van der Waals surface area contributed by atoms with Crippen LogP contribution in [0, 0.1) is 0 Å². The van der Waals surface area contributed by atoms with Crippen LogP contribution < -0.4 is 29.7 Å². The van der Waals surface area contributed by atoms with Crippen molar-refractivity contribution in [1.82, 2.24) is 5.32 Å². The zero-order chi connectivity index (χ0) is 20.8. The normalized spacial score (nSPS) is 13.2. The summed E-state index contributed by atoms with van der Waals surface area (Å²) in [5.74, 6) is 1.85. The molecule has 1 aliphatic heterocycles. The number of anilines is 2. The summed E-state index contributed by atoms with van der Waals surface area (Å²) in [6.45, 7) is 0.997. The van der Waals surface area contributed by atoms with Gasteiger partial charge >= 0.3 is 6.03 Å². The Kier molecular flexibility index (Phi) is 6.43. The lowest BCUT2D eigenvalue weighted by Gasteiger charge is -2.19. The number of carbonyl (C=O) groups is 2. The summed E-state index contributed by atoms with van der Waals surface area (Å²) < 4.78 is 15.9. The van der Waals surface area contributed by atoms with Gasteiger partial charge in [0.15, 0.2) is 11.5 Å². The highest BCUT2D eigenvalue weighted by atomic mass is 16.5. The molecule has 154 valence electrons. The lowest BCUT2D eigenvalue weighted by molar-refractivity contribution is -0.117. The molecule has 8 heteroatoms. The third kappa shape index (κ3) is 4.71. The third-order valence-corrected chi connectivity index (χ3v) is 4.70. The van der Waals surface area contributed by atoms with Gasteiger partial charge < -0.3 is 29.7 Å². The van der Waals surface area contributed by atoms with Gasteiger partial charge in [0.05, 0.1) is 27.0 Å². The number of ether oxygens (including phenoxy) is 3. The fourth-order valence-corrected chi connectivity index (χ4v) is 3.23. The summed E-state index contributed by atoms with van der Waals surface area (Å²) in [6, 6.07) is 10.3. The van der Waals surface area contributed by atoms with Crippen LogP contribution in [0.2, 0.25) is 0 Å². The topological polar surface area (TPSA) is 89.1 Å². The van der Waals surface area contributed by atoms with Crippen molar-refractivity contribution in [3.63, 3.8) is 0 Å². The predicted molar refractivity (Wildman–Crippen MR) is 110 cm³/mol. The highest BCUT2D eigenvalue weighted by Crippen LogP contribution is 2.34. The molecule has 3 amide bonds. The summed E-state index contributed by atoms with van der Waals surface area (Å²) in [4.78, 5) is 26.0. The molecule has 0 radical (unpaired) electrons. The molecule has 2 aromatic rings. The van der Waals surface area contributed by atoms with Gasteiger partial charge in [-0.15, -0.1) is 0 Å². The first kappa shape index (κ1) is 20.3. The Bertz CT molecular complexity index is 900. The molecule has 1 saturated heterocycles. The number of hydrogen-bond acceptors (Lipinski definition) is 5. The number of hydrogen-bond donors (Lipinski definition) is 2. The molecular weight excluding hydrogens is 374 g/mol. The van der Waals surface area contributed by atoms with E-state index in [0.717, 1.165) is 12.0 Å². The Labute approximate surface area is 169 Å². The first-order valence-electron chi connectivity index (χ1n) is 9.30. The van der Waals surface area contributed by atoms with Crippen LogP contribution >= 0.6 is 0 Å². The molecule has 0 bridgehead atoms. The van der Waals surface area contributed by atoms with Crippen LogP contribution in [0.25, 0.3) is 0 Å². The number of urea groups is 1. The fraction of sp³-hybridized carbons (Fsp3) is 0.333.